The molecule has 17 heavy (non-hydrogen) atoms. The average molecular weight is 244 g/mol. The van der Waals surface area contributed by atoms with Crippen molar-refractivity contribution in [1.82, 2.24) is 10.6 Å². The predicted octanol–water partition coefficient (Wildman–Crippen LogP) is 0.272. The first kappa shape index (κ1) is 13.8. The van der Waals surface area contributed by atoms with Gasteiger partial charge in [-0.25, -0.2) is 4.79 Å². The minimum atomic E-state index is -0.550. The standard InChI is InChI=1S/C11H20N2O4/c1-11(2,3)17-10(15)13-8-6-16-5-7(8)9(14)12-4/h7-8H,5-6H2,1-4H3,(H,12,14)(H,13,15)/t7-,8?/m1/s1. The quantitative estimate of drug-likeness (QED) is 0.731. The molecule has 0 saturated carbocycles. The maximum atomic E-state index is 11.6. The second-order valence-corrected chi connectivity index (χ2v) is 5.01. The van der Waals surface area contributed by atoms with Gasteiger partial charge in [-0.05, 0) is 20.8 Å². The molecular weight excluding hydrogens is 224 g/mol. The van der Waals surface area contributed by atoms with E-state index in [1.807, 2.05) is 0 Å². The summed E-state index contributed by atoms with van der Waals surface area (Å²) in [5, 5.41) is 5.20. The number of ether oxygens (including phenoxy) is 2. The lowest BCUT2D eigenvalue weighted by atomic mass is 10.0. The Hall–Kier alpha value is -1.30. The Kier molecular flexibility index (Phi) is 4.34. The second-order valence-electron chi connectivity index (χ2n) is 5.01. The highest BCUT2D eigenvalue weighted by Crippen LogP contribution is 2.15. The van der Waals surface area contributed by atoms with Crippen LogP contribution in [0, 0.1) is 5.92 Å². The summed E-state index contributed by atoms with van der Waals surface area (Å²) in [5.74, 6) is -0.490. The molecule has 6 heteroatoms. The van der Waals surface area contributed by atoms with Crippen LogP contribution in [0.3, 0.4) is 0 Å². The summed E-state index contributed by atoms with van der Waals surface area (Å²) in [4.78, 5) is 23.1. The molecule has 1 aliphatic rings. The summed E-state index contributed by atoms with van der Waals surface area (Å²) < 4.78 is 10.3. The number of nitrogens with one attached hydrogen (secondary N) is 2. The molecule has 98 valence electrons. The van der Waals surface area contributed by atoms with Gasteiger partial charge < -0.3 is 20.1 Å². The van der Waals surface area contributed by atoms with Crippen molar-refractivity contribution in [2.45, 2.75) is 32.4 Å². The summed E-state index contributed by atoms with van der Waals surface area (Å²) >= 11 is 0. The number of hydrogen-bond acceptors (Lipinski definition) is 4. The molecule has 0 bridgehead atoms. The molecule has 2 amide bonds. The van der Waals surface area contributed by atoms with E-state index in [4.69, 9.17) is 9.47 Å². The third-order valence-corrected chi connectivity index (χ3v) is 2.37. The molecule has 1 heterocycles. The average Bonchev–Trinajstić information content (AvgIpc) is 2.61. The molecule has 0 aromatic rings. The van der Waals surface area contributed by atoms with Crippen molar-refractivity contribution in [2.24, 2.45) is 5.92 Å². The first-order chi connectivity index (χ1) is 7.83. The van der Waals surface area contributed by atoms with Crippen LogP contribution >= 0.6 is 0 Å². The fraction of sp³-hybridized carbons (Fsp3) is 0.818. The van der Waals surface area contributed by atoms with Gasteiger partial charge in [0.25, 0.3) is 0 Å². The monoisotopic (exact) mass is 244 g/mol. The highest BCUT2D eigenvalue weighted by atomic mass is 16.6. The van der Waals surface area contributed by atoms with Crippen molar-refractivity contribution in [3.63, 3.8) is 0 Å². The van der Waals surface area contributed by atoms with Crippen molar-refractivity contribution in [1.29, 1.82) is 0 Å². The van der Waals surface area contributed by atoms with Crippen LogP contribution in [0.25, 0.3) is 0 Å². The lowest BCUT2D eigenvalue weighted by Gasteiger charge is -2.23. The van der Waals surface area contributed by atoms with Gasteiger partial charge in [0, 0.05) is 7.05 Å². The topological polar surface area (TPSA) is 76.7 Å². The van der Waals surface area contributed by atoms with Gasteiger partial charge in [0.2, 0.25) is 5.91 Å². The smallest absolute Gasteiger partial charge is 0.407 e. The maximum absolute atomic E-state index is 11.6. The molecule has 2 N–H and O–H groups in total. The van der Waals surface area contributed by atoms with Gasteiger partial charge in [-0.1, -0.05) is 0 Å². The minimum Gasteiger partial charge on any atom is -0.444 e. The third-order valence-electron chi connectivity index (χ3n) is 2.37. The number of carbonyl (C=O) groups excluding carboxylic acids is 2. The van der Waals surface area contributed by atoms with E-state index in [1.165, 1.54) is 0 Å². The third kappa shape index (κ3) is 4.22. The maximum Gasteiger partial charge on any atom is 0.407 e. The van der Waals surface area contributed by atoms with E-state index in [9.17, 15) is 9.59 Å². The van der Waals surface area contributed by atoms with Gasteiger partial charge in [0.05, 0.1) is 25.2 Å². The molecule has 1 unspecified atom stereocenters. The highest BCUT2D eigenvalue weighted by molar-refractivity contribution is 5.80. The first-order valence-corrected chi connectivity index (χ1v) is 5.62. The number of amides is 2. The number of alkyl carbamates (subject to hydrolysis) is 1. The molecular formula is C11H20N2O4. The van der Waals surface area contributed by atoms with Crippen LogP contribution in [-0.4, -0.2) is 43.9 Å². The van der Waals surface area contributed by atoms with E-state index in [0.29, 0.717) is 13.2 Å². The van der Waals surface area contributed by atoms with Gasteiger partial charge in [-0.15, -0.1) is 0 Å². The zero-order chi connectivity index (χ0) is 13.1. The first-order valence-electron chi connectivity index (χ1n) is 5.62. The summed E-state index contributed by atoms with van der Waals surface area (Å²) in [6, 6.07) is -0.329. The van der Waals surface area contributed by atoms with E-state index >= 15 is 0 Å². The molecule has 6 nitrogen and oxygen atoms in total. The summed E-state index contributed by atoms with van der Waals surface area (Å²) in [7, 11) is 1.56. The summed E-state index contributed by atoms with van der Waals surface area (Å²) in [6.07, 6.45) is -0.526. The van der Waals surface area contributed by atoms with Gasteiger partial charge in [0.15, 0.2) is 0 Å². The summed E-state index contributed by atoms with van der Waals surface area (Å²) in [5.41, 5.74) is -0.550. The van der Waals surface area contributed by atoms with E-state index in [2.05, 4.69) is 10.6 Å². The van der Waals surface area contributed by atoms with Gasteiger partial charge >= 0.3 is 6.09 Å². The molecule has 0 aromatic carbocycles. The lowest BCUT2D eigenvalue weighted by molar-refractivity contribution is -0.124. The van der Waals surface area contributed by atoms with Gasteiger partial charge in [-0.2, -0.15) is 0 Å². The predicted molar refractivity (Wildman–Crippen MR) is 61.5 cm³/mol. The van der Waals surface area contributed by atoms with E-state index in [0.717, 1.165) is 0 Å². The molecule has 0 radical (unpaired) electrons. The van der Waals surface area contributed by atoms with Crippen molar-refractivity contribution in [2.75, 3.05) is 20.3 Å². The normalized spacial score (nSPS) is 24.2. The van der Waals surface area contributed by atoms with Crippen LogP contribution < -0.4 is 10.6 Å². The van der Waals surface area contributed by atoms with Crippen molar-refractivity contribution in [3.8, 4) is 0 Å². The largest absolute Gasteiger partial charge is 0.444 e. The van der Waals surface area contributed by atoms with Crippen LogP contribution in [0.1, 0.15) is 20.8 Å². The number of carbonyl (C=O) groups is 2. The molecule has 1 aliphatic heterocycles. The zero-order valence-corrected chi connectivity index (χ0v) is 10.7. The Balaban J connectivity index is 2.50. The van der Waals surface area contributed by atoms with Crippen molar-refractivity contribution < 1.29 is 19.1 Å². The zero-order valence-electron chi connectivity index (χ0n) is 10.7. The Bertz CT molecular complexity index is 298. The summed E-state index contributed by atoms with van der Waals surface area (Å²) in [6.45, 7) is 6.01. The molecule has 1 fully saturated rings. The van der Waals surface area contributed by atoms with Crippen LogP contribution in [0.15, 0.2) is 0 Å². The number of rotatable bonds is 2. The highest BCUT2D eigenvalue weighted by Gasteiger charge is 2.35. The Morgan fingerprint density at radius 2 is 1.94 bits per heavy atom. The Morgan fingerprint density at radius 3 is 2.47 bits per heavy atom. The minimum absolute atomic E-state index is 0.136. The van der Waals surface area contributed by atoms with Gasteiger partial charge in [0.1, 0.15) is 5.60 Å². The van der Waals surface area contributed by atoms with E-state index in [-0.39, 0.29) is 17.9 Å². The second kappa shape index (κ2) is 5.35. The number of hydrogen-bond donors (Lipinski definition) is 2. The molecule has 1 saturated heterocycles. The van der Waals surface area contributed by atoms with Crippen molar-refractivity contribution >= 4 is 12.0 Å². The molecule has 0 spiro atoms. The van der Waals surface area contributed by atoms with Gasteiger partial charge in [-0.3, -0.25) is 4.79 Å². The SMILES string of the molecule is CNC(=O)[C@@H]1COCC1NC(=O)OC(C)(C)C. The molecule has 2 atom stereocenters. The van der Waals surface area contributed by atoms with Crippen LogP contribution in [-0.2, 0) is 14.3 Å². The van der Waals surface area contributed by atoms with E-state index in [1.54, 1.807) is 27.8 Å². The lowest BCUT2D eigenvalue weighted by Crippen LogP contribution is -2.47. The Morgan fingerprint density at radius 1 is 1.29 bits per heavy atom. The molecule has 0 aromatic heterocycles. The molecule has 1 rings (SSSR count). The van der Waals surface area contributed by atoms with Crippen LogP contribution in [0.4, 0.5) is 4.79 Å². The fourth-order valence-corrected chi connectivity index (χ4v) is 1.60. The Labute approximate surface area is 101 Å². The van der Waals surface area contributed by atoms with Crippen LogP contribution in [0.2, 0.25) is 0 Å². The fourth-order valence-electron chi connectivity index (χ4n) is 1.60. The molecule has 0 aliphatic carbocycles. The van der Waals surface area contributed by atoms with Crippen LogP contribution in [0.5, 0.6) is 0 Å². The van der Waals surface area contributed by atoms with Crippen molar-refractivity contribution in [3.05, 3.63) is 0 Å². The van der Waals surface area contributed by atoms with E-state index < -0.39 is 11.7 Å².